The number of nitrogens with zero attached hydrogens (tertiary/aromatic N) is 1. The molecule has 1 aliphatic heterocycles. The highest BCUT2D eigenvalue weighted by Crippen LogP contribution is 2.12. The molecule has 4 heteroatoms. The summed E-state index contributed by atoms with van der Waals surface area (Å²) in [5, 5.41) is 3.26. The van der Waals surface area contributed by atoms with Gasteiger partial charge in [-0.3, -0.25) is 4.79 Å². The molecule has 1 aliphatic rings. The molecule has 0 saturated carbocycles. The van der Waals surface area contributed by atoms with Gasteiger partial charge in [0.15, 0.2) is 0 Å². The van der Waals surface area contributed by atoms with Crippen molar-refractivity contribution >= 4 is 5.91 Å². The van der Waals surface area contributed by atoms with Crippen molar-refractivity contribution in [2.45, 2.75) is 52.4 Å². The van der Waals surface area contributed by atoms with E-state index in [4.69, 9.17) is 4.74 Å². The van der Waals surface area contributed by atoms with E-state index >= 15 is 0 Å². The molecule has 1 N–H and O–H groups in total. The zero-order valence-electron chi connectivity index (χ0n) is 10.8. The first-order valence-corrected chi connectivity index (χ1v) is 6.19. The number of carbonyl (C=O) groups is 1. The van der Waals surface area contributed by atoms with E-state index in [0.717, 1.165) is 19.6 Å². The average molecular weight is 228 g/mol. The van der Waals surface area contributed by atoms with Crippen LogP contribution in [-0.4, -0.2) is 48.7 Å². The van der Waals surface area contributed by atoms with Gasteiger partial charge in [0, 0.05) is 25.6 Å². The van der Waals surface area contributed by atoms with Gasteiger partial charge >= 0.3 is 0 Å². The molecule has 0 aromatic rings. The van der Waals surface area contributed by atoms with Gasteiger partial charge in [-0.1, -0.05) is 6.92 Å². The zero-order valence-corrected chi connectivity index (χ0v) is 10.8. The van der Waals surface area contributed by atoms with Gasteiger partial charge in [-0.25, -0.2) is 0 Å². The summed E-state index contributed by atoms with van der Waals surface area (Å²) in [6.07, 6.45) is 0.886. The van der Waals surface area contributed by atoms with E-state index in [-0.39, 0.29) is 24.2 Å². The molecule has 0 aromatic carbocycles. The fourth-order valence-corrected chi connectivity index (χ4v) is 2.19. The number of nitrogens with one attached hydrogen (secondary N) is 1. The first kappa shape index (κ1) is 13.5. The van der Waals surface area contributed by atoms with Crippen molar-refractivity contribution in [2.75, 3.05) is 19.6 Å². The Labute approximate surface area is 98.3 Å². The molecule has 1 saturated heterocycles. The lowest BCUT2D eigenvalue weighted by atomic mass is 10.1. The Morgan fingerprint density at radius 1 is 1.44 bits per heavy atom. The van der Waals surface area contributed by atoms with Crippen LogP contribution in [0.4, 0.5) is 0 Å². The van der Waals surface area contributed by atoms with Crippen molar-refractivity contribution in [3.63, 3.8) is 0 Å². The van der Waals surface area contributed by atoms with Gasteiger partial charge in [0.1, 0.15) is 0 Å². The number of morpholine rings is 1. The fraction of sp³-hybridized carbons (Fsp3) is 0.917. The molecule has 3 unspecified atom stereocenters. The van der Waals surface area contributed by atoms with Crippen LogP contribution in [-0.2, 0) is 9.53 Å². The number of carbonyl (C=O) groups excluding carboxylic acids is 1. The molecule has 1 fully saturated rings. The lowest BCUT2D eigenvalue weighted by Crippen LogP contribution is -2.49. The van der Waals surface area contributed by atoms with Gasteiger partial charge in [0.2, 0.25) is 5.91 Å². The monoisotopic (exact) mass is 228 g/mol. The first-order valence-electron chi connectivity index (χ1n) is 6.19. The van der Waals surface area contributed by atoms with E-state index in [1.165, 1.54) is 0 Å². The van der Waals surface area contributed by atoms with E-state index in [9.17, 15) is 4.79 Å². The van der Waals surface area contributed by atoms with E-state index in [1.54, 1.807) is 0 Å². The highest BCUT2D eigenvalue weighted by Gasteiger charge is 2.26. The maximum absolute atomic E-state index is 12.0. The number of rotatable bonds is 4. The topological polar surface area (TPSA) is 41.6 Å². The van der Waals surface area contributed by atoms with Crippen LogP contribution >= 0.6 is 0 Å². The summed E-state index contributed by atoms with van der Waals surface area (Å²) in [6.45, 7) is 10.5. The van der Waals surface area contributed by atoms with Crippen LogP contribution in [0.5, 0.6) is 0 Å². The third-order valence-corrected chi connectivity index (χ3v) is 2.81. The Balaban J connectivity index is 2.40. The van der Waals surface area contributed by atoms with Gasteiger partial charge in [-0.05, 0) is 27.3 Å². The molecule has 16 heavy (non-hydrogen) atoms. The smallest absolute Gasteiger partial charge is 0.224 e. The number of hydrogen-bond donors (Lipinski definition) is 1. The van der Waals surface area contributed by atoms with Crippen LogP contribution in [0.15, 0.2) is 0 Å². The highest BCUT2D eigenvalue weighted by molar-refractivity contribution is 5.77. The highest BCUT2D eigenvalue weighted by atomic mass is 16.5. The molecular formula is C12H24N2O2. The maximum Gasteiger partial charge on any atom is 0.224 e. The summed E-state index contributed by atoms with van der Waals surface area (Å²) in [7, 11) is 0. The summed E-state index contributed by atoms with van der Waals surface area (Å²) in [4.78, 5) is 13.9. The molecule has 1 heterocycles. The third-order valence-electron chi connectivity index (χ3n) is 2.81. The standard InChI is InChI=1S/C12H24N2O2/c1-5-13-9(2)6-12(15)14-7-10(3)16-11(4)8-14/h9-11,13H,5-8H2,1-4H3. The number of ether oxygens (including phenoxy) is 1. The number of amides is 1. The second-order valence-electron chi connectivity index (χ2n) is 4.72. The van der Waals surface area contributed by atoms with Crippen molar-refractivity contribution in [3.05, 3.63) is 0 Å². The summed E-state index contributed by atoms with van der Waals surface area (Å²) in [5.41, 5.74) is 0. The summed E-state index contributed by atoms with van der Waals surface area (Å²) < 4.78 is 5.61. The van der Waals surface area contributed by atoms with Crippen LogP contribution in [0.2, 0.25) is 0 Å². The van der Waals surface area contributed by atoms with E-state index in [1.807, 2.05) is 18.7 Å². The fourth-order valence-electron chi connectivity index (χ4n) is 2.19. The predicted octanol–water partition coefficient (Wildman–Crippen LogP) is 1.01. The van der Waals surface area contributed by atoms with Crippen LogP contribution in [0.1, 0.15) is 34.1 Å². The van der Waals surface area contributed by atoms with Crippen molar-refractivity contribution in [1.82, 2.24) is 10.2 Å². The van der Waals surface area contributed by atoms with Crippen molar-refractivity contribution in [2.24, 2.45) is 0 Å². The largest absolute Gasteiger partial charge is 0.372 e. The van der Waals surface area contributed by atoms with Crippen LogP contribution in [0.25, 0.3) is 0 Å². The van der Waals surface area contributed by atoms with Crippen LogP contribution < -0.4 is 5.32 Å². The second kappa shape index (κ2) is 6.21. The van der Waals surface area contributed by atoms with E-state index < -0.39 is 0 Å². The molecule has 3 atom stereocenters. The van der Waals surface area contributed by atoms with Crippen LogP contribution in [0.3, 0.4) is 0 Å². The Hall–Kier alpha value is -0.610. The minimum Gasteiger partial charge on any atom is -0.372 e. The van der Waals surface area contributed by atoms with Gasteiger partial charge < -0.3 is 15.0 Å². The molecule has 0 aliphatic carbocycles. The van der Waals surface area contributed by atoms with Gasteiger partial charge in [0.25, 0.3) is 0 Å². The Kier molecular flexibility index (Phi) is 5.22. The van der Waals surface area contributed by atoms with Crippen molar-refractivity contribution in [3.8, 4) is 0 Å². The molecule has 0 spiro atoms. The average Bonchev–Trinajstić information content (AvgIpc) is 2.16. The minimum absolute atomic E-state index is 0.155. The minimum atomic E-state index is 0.155. The number of hydrogen-bond acceptors (Lipinski definition) is 3. The molecule has 0 bridgehead atoms. The van der Waals surface area contributed by atoms with E-state index in [2.05, 4.69) is 19.2 Å². The molecule has 1 amide bonds. The molecule has 0 aromatic heterocycles. The molecule has 4 nitrogen and oxygen atoms in total. The van der Waals surface area contributed by atoms with Crippen molar-refractivity contribution < 1.29 is 9.53 Å². The van der Waals surface area contributed by atoms with E-state index in [0.29, 0.717) is 6.42 Å². The second-order valence-corrected chi connectivity index (χ2v) is 4.72. The Morgan fingerprint density at radius 2 is 2.00 bits per heavy atom. The summed E-state index contributed by atoms with van der Waals surface area (Å²) >= 11 is 0. The zero-order chi connectivity index (χ0) is 12.1. The molecule has 94 valence electrons. The Bertz CT molecular complexity index is 223. The third kappa shape index (κ3) is 4.10. The van der Waals surface area contributed by atoms with Gasteiger partial charge in [-0.15, -0.1) is 0 Å². The van der Waals surface area contributed by atoms with Crippen molar-refractivity contribution in [1.29, 1.82) is 0 Å². The lowest BCUT2D eigenvalue weighted by molar-refractivity contribution is -0.143. The van der Waals surface area contributed by atoms with Crippen LogP contribution in [0, 0.1) is 0 Å². The Morgan fingerprint density at radius 3 is 2.50 bits per heavy atom. The normalized spacial score (nSPS) is 27.9. The summed E-state index contributed by atoms with van der Waals surface area (Å²) in [6, 6.07) is 0.256. The molecule has 1 rings (SSSR count). The van der Waals surface area contributed by atoms with Gasteiger partial charge in [0.05, 0.1) is 12.2 Å². The predicted molar refractivity (Wildman–Crippen MR) is 64.3 cm³/mol. The summed E-state index contributed by atoms with van der Waals surface area (Å²) in [5.74, 6) is 0.232. The molecular weight excluding hydrogens is 204 g/mol. The van der Waals surface area contributed by atoms with Gasteiger partial charge in [-0.2, -0.15) is 0 Å². The SMILES string of the molecule is CCNC(C)CC(=O)N1CC(C)OC(C)C1. The molecule has 0 radical (unpaired) electrons. The lowest BCUT2D eigenvalue weighted by Gasteiger charge is -2.35. The maximum atomic E-state index is 12.0. The quantitative estimate of drug-likeness (QED) is 0.781. The first-order chi connectivity index (χ1) is 7.52.